The molecule has 0 aromatic heterocycles. The van der Waals surface area contributed by atoms with Crippen LogP contribution in [-0.4, -0.2) is 37.2 Å². The van der Waals surface area contributed by atoms with Gasteiger partial charge in [0.15, 0.2) is 6.10 Å². The highest BCUT2D eigenvalue weighted by Crippen LogP contribution is 2.17. The van der Waals surface area contributed by atoms with Crippen LogP contribution in [0.15, 0.2) is 122 Å². The monoisotopic (exact) mass is 1120 g/mol. The fraction of sp³-hybridized carbons (Fsp3) is 0.693. The Hall–Kier alpha value is -4.19. The molecule has 81 heavy (non-hydrogen) atoms. The Bertz CT molecular complexity index is 1670. The second-order valence-corrected chi connectivity index (χ2v) is 22.3. The normalized spacial score (nSPS) is 12.9. The molecule has 0 spiro atoms. The molecule has 0 rings (SSSR count). The predicted octanol–water partition coefficient (Wildman–Crippen LogP) is 23.6. The molecule has 0 aliphatic heterocycles. The fourth-order valence-electron chi connectivity index (χ4n) is 9.45. The van der Waals surface area contributed by atoms with E-state index in [1.807, 2.05) is 0 Å². The van der Waals surface area contributed by atoms with E-state index in [0.29, 0.717) is 19.3 Å². The second kappa shape index (κ2) is 68.3. The second-order valence-electron chi connectivity index (χ2n) is 22.3. The summed E-state index contributed by atoms with van der Waals surface area (Å²) in [5.41, 5.74) is 0. The summed E-state index contributed by atoms with van der Waals surface area (Å²) >= 11 is 0. The fourth-order valence-corrected chi connectivity index (χ4v) is 9.45. The predicted molar refractivity (Wildman–Crippen MR) is 353 cm³/mol. The zero-order chi connectivity index (χ0) is 58.5. The van der Waals surface area contributed by atoms with Crippen molar-refractivity contribution in [2.24, 2.45) is 0 Å². The average Bonchev–Trinajstić information content (AvgIpc) is 3.47. The first-order valence-corrected chi connectivity index (χ1v) is 34.0. The molecule has 462 valence electrons. The zero-order valence-electron chi connectivity index (χ0n) is 53.0. The van der Waals surface area contributed by atoms with Crippen molar-refractivity contribution in [2.75, 3.05) is 13.2 Å². The van der Waals surface area contributed by atoms with E-state index in [-0.39, 0.29) is 37.5 Å². The van der Waals surface area contributed by atoms with Gasteiger partial charge in [-0.1, -0.05) is 316 Å². The molecule has 0 N–H and O–H groups in total. The Morgan fingerprint density at radius 2 is 0.494 bits per heavy atom. The van der Waals surface area contributed by atoms with Crippen molar-refractivity contribution < 1.29 is 28.6 Å². The summed E-state index contributed by atoms with van der Waals surface area (Å²) < 4.78 is 16.9. The molecule has 0 aromatic carbocycles. The summed E-state index contributed by atoms with van der Waals surface area (Å²) in [6.45, 7) is 6.40. The van der Waals surface area contributed by atoms with E-state index in [9.17, 15) is 14.4 Å². The molecular weight excluding hydrogens is 997 g/mol. The molecule has 0 fully saturated rings. The summed E-state index contributed by atoms with van der Waals surface area (Å²) in [4.78, 5) is 38.4. The molecule has 0 aliphatic carbocycles. The van der Waals surface area contributed by atoms with Gasteiger partial charge in [-0.2, -0.15) is 0 Å². The first-order valence-electron chi connectivity index (χ1n) is 34.0. The van der Waals surface area contributed by atoms with Crippen molar-refractivity contribution >= 4 is 17.9 Å². The topological polar surface area (TPSA) is 78.9 Å². The Morgan fingerprint density at radius 1 is 0.259 bits per heavy atom. The number of carbonyl (C=O) groups excluding carboxylic acids is 3. The minimum Gasteiger partial charge on any atom is -0.462 e. The Balaban J connectivity index is 4.42. The molecule has 1 atom stereocenters. The third-order valence-corrected chi connectivity index (χ3v) is 14.5. The molecule has 6 nitrogen and oxygen atoms in total. The van der Waals surface area contributed by atoms with Crippen molar-refractivity contribution in [2.45, 2.75) is 322 Å². The lowest BCUT2D eigenvalue weighted by Crippen LogP contribution is -2.30. The first-order chi connectivity index (χ1) is 40.0. The first kappa shape index (κ1) is 76.8. The number of unbranched alkanes of at least 4 members (excludes halogenated alkanes) is 30. The van der Waals surface area contributed by atoms with Crippen LogP contribution in [0.5, 0.6) is 0 Å². The Morgan fingerprint density at radius 3 is 0.802 bits per heavy atom. The van der Waals surface area contributed by atoms with Crippen LogP contribution >= 0.6 is 0 Å². The van der Waals surface area contributed by atoms with E-state index < -0.39 is 6.10 Å². The minimum absolute atomic E-state index is 0.0989. The zero-order valence-corrected chi connectivity index (χ0v) is 53.0. The SMILES string of the molecule is CC/C=C\C/C=C\C/C=C\C/C=C\C/C=C\CCCCCCCCCCCC(=O)OCC(COC(=O)CCC/C=C\C/C=C\C/C=C\C/C=C\C/C=C\CC)OC(=O)CCCCCCCCCCCCCCCCCCCCCCC. The average molecular weight is 1120 g/mol. The van der Waals surface area contributed by atoms with E-state index in [0.717, 1.165) is 116 Å². The van der Waals surface area contributed by atoms with Gasteiger partial charge in [0.1, 0.15) is 13.2 Å². The molecule has 0 aromatic rings. The molecule has 0 bridgehead atoms. The molecule has 0 saturated carbocycles. The molecule has 0 heterocycles. The van der Waals surface area contributed by atoms with Crippen LogP contribution in [0.3, 0.4) is 0 Å². The molecule has 0 radical (unpaired) electrons. The highest BCUT2D eigenvalue weighted by atomic mass is 16.6. The van der Waals surface area contributed by atoms with Gasteiger partial charge in [-0.25, -0.2) is 0 Å². The van der Waals surface area contributed by atoms with Gasteiger partial charge in [0.2, 0.25) is 0 Å². The summed E-state index contributed by atoms with van der Waals surface area (Å²) in [5, 5.41) is 0. The van der Waals surface area contributed by atoms with Crippen LogP contribution in [0, 0.1) is 0 Å². The van der Waals surface area contributed by atoms with Gasteiger partial charge in [0.25, 0.3) is 0 Å². The maximum Gasteiger partial charge on any atom is 0.306 e. The third kappa shape index (κ3) is 66.5. The highest BCUT2D eigenvalue weighted by molar-refractivity contribution is 5.71. The lowest BCUT2D eigenvalue weighted by Gasteiger charge is -2.18. The molecule has 6 heteroatoms. The maximum atomic E-state index is 13.0. The van der Waals surface area contributed by atoms with E-state index in [4.69, 9.17) is 14.2 Å². The Labute approximate surface area is 501 Å². The van der Waals surface area contributed by atoms with Gasteiger partial charge in [-0.05, 0) is 103 Å². The van der Waals surface area contributed by atoms with E-state index in [1.54, 1.807) is 0 Å². The number of esters is 3. The van der Waals surface area contributed by atoms with Crippen molar-refractivity contribution in [3.63, 3.8) is 0 Å². The Kier molecular flexibility index (Phi) is 64.8. The largest absolute Gasteiger partial charge is 0.462 e. The lowest BCUT2D eigenvalue weighted by atomic mass is 10.0. The van der Waals surface area contributed by atoms with Crippen molar-refractivity contribution in [1.29, 1.82) is 0 Å². The van der Waals surface area contributed by atoms with Gasteiger partial charge < -0.3 is 14.2 Å². The third-order valence-electron chi connectivity index (χ3n) is 14.5. The molecule has 1 unspecified atom stereocenters. The molecular formula is C75H126O6. The number of ether oxygens (including phenoxy) is 3. The van der Waals surface area contributed by atoms with Crippen molar-refractivity contribution in [3.8, 4) is 0 Å². The van der Waals surface area contributed by atoms with Crippen LogP contribution in [0.25, 0.3) is 0 Å². The standard InChI is InChI=1S/C75H126O6/c1-4-7-10-13-16-19-22-25-28-31-33-35-36-37-38-40-41-44-47-50-53-56-59-62-65-68-74(77)80-71-72(70-79-73(76)67-64-61-58-55-52-49-46-43-30-27-24-21-18-15-12-9-6-3)81-75(78)69-66-63-60-57-54-51-48-45-42-39-34-32-29-26-23-20-17-14-11-8-5-2/h7,9-10,12,16,18-19,21,25,27-28,30,33,35,37-38,46,49,55,58,72H,4-6,8,11,13-15,17,20,22-24,26,29,31-32,34,36,39-45,47-48,50-54,56-57,59-71H2,1-3H3/b10-7-,12-9-,19-16-,21-18-,28-25-,30-27-,35-33-,38-37-,49-46-,58-55-. The van der Waals surface area contributed by atoms with Gasteiger partial charge in [0.05, 0.1) is 0 Å². The number of hydrogen-bond acceptors (Lipinski definition) is 6. The number of carbonyl (C=O) groups is 3. The van der Waals surface area contributed by atoms with Crippen molar-refractivity contribution in [1.82, 2.24) is 0 Å². The minimum atomic E-state index is -0.807. The van der Waals surface area contributed by atoms with Crippen LogP contribution < -0.4 is 0 Å². The maximum absolute atomic E-state index is 13.0. The molecule has 0 saturated heterocycles. The summed E-state index contributed by atoms with van der Waals surface area (Å²) in [5.74, 6) is -0.953. The van der Waals surface area contributed by atoms with Crippen molar-refractivity contribution in [3.05, 3.63) is 122 Å². The van der Waals surface area contributed by atoms with Gasteiger partial charge >= 0.3 is 17.9 Å². The van der Waals surface area contributed by atoms with Crippen LogP contribution in [0.1, 0.15) is 316 Å². The van der Waals surface area contributed by atoms with Crippen LogP contribution in [0.4, 0.5) is 0 Å². The number of rotatable bonds is 61. The quantitative estimate of drug-likeness (QED) is 0.0261. The number of hydrogen-bond donors (Lipinski definition) is 0. The van der Waals surface area contributed by atoms with Gasteiger partial charge in [-0.15, -0.1) is 0 Å². The molecule has 0 amide bonds. The van der Waals surface area contributed by atoms with Crippen LogP contribution in [-0.2, 0) is 28.6 Å². The van der Waals surface area contributed by atoms with Gasteiger partial charge in [-0.3, -0.25) is 14.4 Å². The van der Waals surface area contributed by atoms with Crippen LogP contribution in [0.2, 0.25) is 0 Å². The van der Waals surface area contributed by atoms with E-state index in [2.05, 4.69) is 142 Å². The lowest BCUT2D eigenvalue weighted by molar-refractivity contribution is -0.167. The summed E-state index contributed by atoms with van der Waals surface area (Å²) in [7, 11) is 0. The van der Waals surface area contributed by atoms with E-state index >= 15 is 0 Å². The van der Waals surface area contributed by atoms with Gasteiger partial charge in [0, 0.05) is 19.3 Å². The van der Waals surface area contributed by atoms with E-state index in [1.165, 1.54) is 154 Å². The molecule has 0 aliphatic rings. The smallest absolute Gasteiger partial charge is 0.306 e. The number of allylic oxidation sites excluding steroid dienone is 20. The highest BCUT2D eigenvalue weighted by Gasteiger charge is 2.19. The summed E-state index contributed by atoms with van der Waals surface area (Å²) in [6.07, 6.45) is 95.0. The summed E-state index contributed by atoms with van der Waals surface area (Å²) in [6, 6.07) is 0.